The Morgan fingerprint density at radius 1 is 1.02 bits per heavy atom. The van der Waals surface area contributed by atoms with Crippen LogP contribution in [0.4, 0.5) is 4.79 Å². The molecule has 1 aromatic heterocycles. The van der Waals surface area contributed by atoms with E-state index in [2.05, 4.69) is 40.1 Å². The molecule has 2 unspecified atom stereocenters. The van der Waals surface area contributed by atoms with Crippen molar-refractivity contribution >= 4 is 69.2 Å². The molecule has 2 aliphatic rings. The van der Waals surface area contributed by atoms with Gasteiger partial charge in [0.25, 0.3) is 0 Å². The lowest BCUT2D eigenvalue weighted by molar-refractivity contribution is -0.136. The molecule has 0 bridgehead atoms. The van der Waals surface area contributed by atoms with Gasteiger partial charge in [0.05, 0.1) is 21.6 Å². The zero-order valence-electron chi connectivity index (χ0n) is 30.4. The first kappa shape index (κ1) is 39.8. The summed E-state index contributed by atoms with van der Waals surface area (Å²) in [4.78, 5) is 46.3. The molecule has 282 valence electrons. The smallest absolute Gasteiger partial charge is 0.408 e. The molecule has 0 radical (unpaired) electrons. The lowest BCUT2D eigenvalue weighted by atomic mass is 9.78. The molecule has 5 N–H and O–H groups in total. The van der Waals surface area contributed by atoms with Crippen molar-refractivity contribution < 1.29 is 23.9 Å². The van der Waals surface area contributed by atoms with Gasteiger partial charge in [0.2, 0.25) is 11.8 Å². The fourth-order valence-corrected chi connectivity index (χ4v) is 7.94. The number of carbonyl (C=O) groups is 3. The Bertz CT molecular complexity index is 1730. The van der Waals surface area contributed by atoms with Crippen molar-refractivity contribution in [1.82, 2.24) is 26.3 Å². The molecule has 3 aromatic rings. The summed E-state index contributed by atoms with van der Waals surface area (Å²) in [6.45, 7) is 10.2. The van der Waals surface area contributed by atoms with E-state index in [1.807, 2.05) is 50.2 Å². The van der Waals surface area contributed by atoms with Gasteiger partial charge in [-0.3, -0.25) is 9.59 Å². The standard InChI is InChI=1S/C39H51Cl2N5O5S/c1-5-23(3)32(45-38(49)51-22-26-10-8-7-9-11-26)35(47)46-39(15-12-31-29(20-39)28-18-27(40)19-30(41)34(28)43-31)37(48)44-33(24(4)6-2)36(52)42-21-25-13-16-50-17-14-25/h7-11,18-19,23-25,32-33,43H,5-6,12-17,20-22H2,1-4H3,(H,42,52)(H,44,48)(H,45,49)(H,46,47)/t23?,24-,32?,33-,39+/m0/s1. The van der Waals surface area contributed by atoms with Crippen molar-refractivity contribution in [1.29, 1.82) is 0 Å². The molecule has 1 aliphatic carbocycles. The van der Waals surface area contributed by atoms with E-state index in [0.29, 0.717) is 46.8 Å². The number of halogens is 2. The third-order valence-corrected chi connectivity index (χ3v) is 11.7. The van der Waals surface area contributed by atoms with Crippen LogP contribution in [0, 0.1) is 17.8 Å². The van der Waals surface area contributed by atoms with Gasteiger partial charge < -0.3 is 35.7 Å². The number of aromatic nitrogens is 1. The number of thiocarbonyl (C=S) groups is 1. The summed E-state index contributed by atoms with van der Waals surface area (Å²) < 4.78 is 11.0. The third kappa shape index (κ3) is 9.58. The van der Waals surface area contributed by atoms with E-state index < -0.39 is 29.6 Å². The minimum Gasteiger partial charge on any atom is -0.445 e. The van der Waals surface area contributed by atoms with E-state index in [1.165, 1.54) is 0 Å². The van der Waals surface area contributed by atoms with Crippen LogP contribution in [0.2, 0.25) is 10.0 Å². The second-order valence-electron chi connectivity index (χ2n) is 14.3. The summed E-state index contributed by atoms with van der Waals surface area (Å²) >= 11 is 19.0. The Morgan fingerprint density at radius 3 is 2.40 bits per heavy atom. The number of fused-ring (bicyclic) bond motifs is 3. The molecule has 1 fully saturated rings. The highest BCUT2D eigenvalue weighted by molar-refractivity contribution is 7.80. The van der Waals surface area contributed by atoms with Crippen molar-refractivity contribution in [2.24, 2.45) is 17.8 Å². The number of aryl methyl sites for hydroxylation is 1. The summed E-state index contributed by atoms with van der Waals surface area (Å²) in [5, 5.41) is 14.4. The molecule has 13 heteroatoms. The van der Waals surface area contributed by atoms with Gasteiger partial charge in [-0.25, -0.2) is 4.79 Å². The summed E-state index contributed by atoms with van der Waals surface area (Å²) in [5.41, 5.74) is 1.97. The minimum absolute atomic E-state index is 0.0187. The maximum atomic E-state index is 14.8. The first-order valence-electron chi connectivity index (χ1n) is 18.4. The van der Waals surface area contributed by atoms with Crippen molar-refractivity contribution in [2.75, 3.05) is 19.8 Å². The van der Waals surface area contributed by atoms with Crippen LogP contribution >= 0.6 is 35.4 Å². The highest BCUT2D eigenvalue weighted by Crippen LogP contribution is 2.38. The van der Waals surface area contributed by atoms with Crippen LogP contribution in [0.25, 0.3) is 10.9 Å². The monoisotopic (exact) mass is 771 g/mol. The first-order chi connectivity index (χ1) is 24.9. The lowest BCUT2D eigenvalue weighted by Crippen LogP contribution is -2.67. The van der Waals surface area contributed by atoms with Crippen molar-refractivity contribution in [2.45, 2.75) is 96.9 Å². The SMILES string of the molecule is CCC(C)C(NC(=O)OCc1ccccc1)C(=O)N[C@]1(C(=O)N[C@H](C(=S)NCC2CCOCC2)[C@@H](C)CC)CCc2[nH]c3c(Cl)cc(Cl)cc3c2C1. The molecule has 3 amide bonds. The molecule has 1 aliphatic heterocycles. The number of ether oxygens (including phenoxy) is 2. The van der Waals surface area contributed by atoms with Gasteiger partial charge >= 0.3 is 6.09 Å². The molecule has 1 saturated heterocycles. The number of nitrogens with one attached hydrogen (secondary N) is 5. The predicted octanol–water partition coefficient (Wildman–Crippen LogP) is 7.03. The number of benzene rings is 2. The van der Waals surface area contributed by atoms with Gasteiger partial charge in [0.15, 0.2) is 0 Å². The topological polar surface area (TPSA) is 134 Å². The Labute approximate surface area is 321 Å². The van der Waals surface area contributed by atoms with Crippen molar-refractivity contribution in [3.63, 3.8) is 0 Å². The number of H-pyrrole nitrogens is 1. The molecule has 2 aromatic carbocycles. The van der Waals surface area contributed by atoms with Crippen LogP contribution in [0.5, 0.6) is 0 Å². The number of alkyl carbamates (subject to hydrolysis) is 1. The molecule has 5 atom stereocenters. The fourth-order valence-electron chi connectivity index (χ4n) is 7.02. The highest BCUT2D eigenvalue weighted by Gasteiger charge is 2.46. The van der Waals surface area contributed by atoms with Crippen molar-refractivity contribution in [3.8, 4) is 0 Å². The minimum atomic E-state index is -1.38. The Kier molecular flexibility index (Phi) is 13.9. The van der Waals surface area contributed by atoms with Crippen LogP contribution in [0.3, 0.4) is 0 Å². The average Bonchev–Trinajstić information content (AvgIpc) is 3.51. The van der Waals surface area contributed by atoms with Crippen LogP contribution in [-0.4, -0.2) is 65.3 Å². The number of hydrogen-bond donors (Lipinski definition) is 5. The summed E-state index contributed by atoms with van der Waals surface area (Å²) in [6.07, 6.45) is 3.52. The van der Waals surface area contributed by atoms with E-state index in [4.69, 9.17) is 44.9 Å². The quantitative estimate of drug-likeness (QED) is 0.111. The average molecular weight is 773 g/mol. The van der Waals surface area contributed by atoms with Gasteiger partial charge in [0.1, 0.15) is 18.2 Å². The number of hydrogen-bond acceptors (Lipinski definition) is 6. The molecule has 10 nitrogen and oxygen atoms in total. The molecule has 2 heterocycles. The van der Waals surface area contributed by atoms with Crippen LogP contribution in [0.15, 0.2) is 42.5 Å². The van der Waals surface area contributed by atoms with Gasteiger partial charge in [-0.05, 0) is 66.7 Å². The second-order valence-corrected chi connectivity index (χ2v) is 15.6. The third-order valence-electron chi connectivity index (χ3n) is 10.8. The van der Waals surface area contributed by atoms with Crippen LogP contribution < -0.4 is 21.3 Å². The molecular formula is C39H51Cl2N5O5S. The summed E-state index contributed by atoms with van der Waals surface area (Å²) in [5.74, 6) is -0.619. The number of rotatable bonds is 14. The molecule has 0 saturated carbocycles. The largest absolute Gasteiger partial charge is 0.445 e. The number of amides is 3. The van der Waals surface area contributed by atoms with Crippen LogP contribution in [0.1, 0.15) is 76.6 Å². The molecule has 0 spiro atoms. The van der Waals surface area contributed by atoms with Crippen LogP contribution in [-0.2, 0) is 38.5 Å². The summed E-state index contributed by atoms with van der Waals surface area (Å²) in [7, 11) is 0. The lowest BCUT2D eigenvalue weighted by Gasteiger charge is -2.40. The first-order valence-corrected chi connectivity index (χ1v) is 19.5. The zero-order chi connectivity index (χ0) is 37.4. The number of aromatic amines is 1. The Hall–Kier alpha value is -3.38. The van der Waals surface area contributed by atoms with Gasteiger partial charge in [-0.2, -0.15) is 0 Å². The van der Waals surface area contributed by atoms with E-state index >= 15 is 0 Å². The maximum Gasteiger partial charge on any atom is 0.408 e. The predicted molar refractivity (Wildman–Crippen MR) is 210 cm³/mol. The fraction of sp³-hybridized carbons (Fsp3) is 0.538. The van der Waals surface area contributed by atoms with E-state index in [1.54, 1.807) is 6.07 Å². The molecular weight excluding hydrogens is 721 g/mol. The van der Waals surface area contributed by atoms with Gasteiger partial charge in [-0.15, -0.1) is 0 Å². The van der Waals surface area contributed by atoms with Crippen molar-refractivity contribution in [3.05, 3.63) is 69.3 Å². The maximum absolute atomic E-state index is 14.8. The molecule has 52 heavy (non-hydrogen) atoms. The second kappa shape index (κ2) is 18.1. The zero-order valence-corrected chi connectivity index (χ0v) is 32.7. The normalized spacial score (nSPS) is 19.8. The molecule has 5 rings (SSSR count). The number of carbonyl (C=O) groups excluding carboxylic acids is 3. The van der Waals surface area contributed by atoms with E-state index in [0.717, 1.165) is 60.2 Å². The van der Waals surface area contributed by atoms with Gasteiger partial charge in [-0.1, -0.05) is 106 Å². The highest BCUT2D eigenvalue weighted by atomic mass is 35.5. The Balaban J connectivity index is 1.43. The summed E-state index contributed by atoms with van der Waals surface area (Å²) in [6, 6.07) is 11.4. The van der Waals surface area contributed by atoms with Gasteiger partial charge in [0, 0.05) is 42.3 Å². The van der Waals surface area contributed by atoms with E-state index in [9.17, 15) is 14.4 Å². The van der Waals surface area contributed by atoms with E-state index in [-0.39, 0.29) is 30.8 Å². The Morgan fingerprint density at radius 2 is 1.71 bits per heavy atom.